The molecule has 2 aromatic carbocycles. The number of pyridine rings is 1. The van der Waals surface area contributed by atoms with Gasteiger partial charge >= 0.3 is 12.0 Å². The topological polar surface area (TPSA) is 91.8 Å². The van der Waals surface area contributed by atoms with Crippen LogP contribution >= 0.6 is 0 Å². The van der Waals surface area contributed by atoms with Crippen LogP contribution in [-0.4, -0.2) is 42.3 Å². The Labute approximate surface area is 173 Å². The molecule has 2 aliphatic rings. The molecular weight excluding hydrogens is 382 g/mol. The lowest BCUT2D eigenvalue weighted by molar-refractivity contribution is 0.0693. The second-order valence-electron chi connectivity index (χ2n) is 7.68. The molecule has 1 saturated carbocycles. The minimum atomic E-state index is -1.04. The first kappa shape index (κ1) is 18.4. The van der Waals surface area contributed by atoms with Crippen LogP contribution in [0.5, 0.6) is 5.75 Å². The Kier molecular flexibility index (Phi) is 4.31. The molecule has 0 radical (unpaired) electrons. The first-order valence-electron chi connectivity index (χ1n) is 9.97. The summed E-state index contributed by atoms with van der Waals surface area (Å²) in [6.45, 7) is 1.25. The highest BCUT2D eigenvalue weighted by Gasteiger charge is 2.28. The van der Waals surface area contributed by atoms with Gasteiger partial charge in [-0.1, -0.05) is 6.07 Å². The first-order valence-corrected chi connectivity index (χ1v) is 9.97. The van der Waals surface area contributed by atoms with E-state index in [9.17, 15) is 14.7 Å². The molecule has 3 aromatic rings. The van der Waals surface area contributed by atoms with Crippen LogP contribution < -0.4 is 15.0 Å². The van der Waals surface area contributed by atoms with Gasteiger partial charge < -0.3 is 15.2 Å². The lowest BCUT2D eigenvalue weighted by atomic mass is 9.99. The van der Waals surface area contributed by atoms with Crippen molar-refractivity contribution < 1.29 is 19.4 Å². The number of fused-ring (bicyclic) bond motifs is 1. The number of benzene rings is 2. The van der Waals surface area contributed by atoms with Crippen molar-refractivity contribution >= 4 is 28.6 Å². The second kappa shape index (κ2) is 7.02. The number of carbonyl (C=O) groups is 2. The molecule has 2 N–H and O–H groups in total. The molecule has 0 spiro atoms. The number of hydrogen-bond donors (Lipinski definition) is 2. The first-order chi connectivity index (χ1) is 14.5. The smallest absolute Gasteiger partial charge is 0.339 e. The highest BCUT2D eigenvalue weighted by atomic mass is 16.5. The van der Waals surface area contributed by atoms with E-state index in [2.05, 4.69) is 11.4 Å². The van der Waals surface area contributed by atoms with Crippen molar-refractivity contribution in [3.63, 3.8) is 0 Å². The van der Waals surface area contributed by atoms with Crippen molar-refractivity contribution in [2.75, 3.05) is 25.1 Å². The number of carbonyl (C=O) groups excluding carboxylic acids is 1. The third kappa shape index (κ3) is 3.12. The van der Waals surface area contributed by atoms with E-state index in [4.69, 9.17) is 9.72 Å². The van der Waals surface area contributed by atoms with Gasteiger partial charge in [-0.2, -0.15) is 0 Å². The van der Waals surface area contributed by atoms with Gasteiger partial charge in [-0.05, 0) is 60.7 Å². The van der Waals surface area contributed by atoms with Gasteiger partial charge in [-0.3, -0.25) is 4.90 Å². The van der Waals surface area contributed by atoms with E-state index < -0.39 is 5.97 Å². The number of carboxylic acids is 1. The van der Waals surface area contributed by atoms with Gasteiger partial charge in [0.15, 0.2) is 0 Å². The van der Waals surface area contributed by atoms with Crippen LogP contribution in [0.3, 0.4) is 0 Å². The van der Waals surface area contributed by atoms with Gasteiger partial charge in [0.1, 0.15) is 11.3 Å². The van der Waals surface area contributed by atoms with E-state index in [1.807, 2.05) is 24.3 Å². The van der Waals surface area contributed by atoms with Gasteiger partial charge in [-0.25, -0.2) is 14.6 Å². The number of aromatic nitrogens is 1. The number of rotatable bonds is 5. The van der Waals surface area contributed by atoms with Gasteiger partial charge in [-0.15, -0.1) is 0 Å². The van der Waals surface area contributed by atoms with E-state index in [1.54, 1.807) is 17.0 Å². The van der Waals surface area contributed by atoms with Gasteiger partial charge in [0.2, 0.25) is 0 Å². The molecule has 0 bridgehead atoms. The molecule has 0 atom stereocenters. The number of hydrogen-bond acceptors (Lipinski definition) is 4. The number of carboxylic acid groups (broad SMARTS) is 1. The Morgan fingerprint density at radius 1 is 1.20 bits per heavy atom. The zero-order valence-electron chi connectivity index (χ0n) is 16.5. The maximum absolute atomic E-state index is 12.1. The summed E-state index contributed by atoms with van der Waals surface area (Å²) in [7, 11) is 1.46. The van der Waals surface area contributed by atoms with Crippen molar-refractivity contribution in [2.45, 2.75) is 18.8 Å². The molecule has 0 unspecified atom stereocenters. The largest absolute Gasteiger partial charge is 0.496 e. The maximum atomic E-state index is 12.1. The highest BCUT2D eigenvalue weighted by molar-refractivity contribution is 5.97. The SMILES string of the molecule is COc1ccc(-c2cc(C3CC3)c3ccc(N4CCNC4=O)cc3n2)cc1C(=O)O. The van der Waals surface area contributed by atoms with Gasteiger partial charge in [0.05, 0.1) is 18.3 Å². The quantitative estimate of drug-likeness (QED) is 0.671. The Morgan fingerprint density at radius 3 is 2.70 bits per heavy atom. The molecule has 152 valence electrons. The van der Waals surface area contributed by atoms with Crippen molar-refractivity contribution in [1.82, 2.24) is 10.3 Å². The predicted octanol–water partition coefficient (Wildman–Crippen LogP) is 4.02. The zero-order valence-corrected chi connectivity index (χ0v) is 16.5. The molecule has 1 aliphatic heterocycles. The third-order valence-electron chi connectivity index (χ3n) is 5.74. The van der Waals surface area contributed by atoms with Crippen molar-refractivity contribution in [3.8, 4) is 17.0 Å². The molecule has 2 amide bonds. The molecule has 7 heteroatoms. The number of ether oxygens (including phenoxy) is 1. The van der Waals surface area contributed by atoms with E-state index in [1.165, 1.54) is 12.7 Å². The normalized spacial score (nSPS) is 16.0. The molecule has 5 rings (SSSR count). The van der Waals surface area contributed by atoms with Gasteiger partial charge in [0, 0.05) is 29.7 Å². The van der Waals surface area contributed by atoms with E-state index in [0.29, 0.717) is 24.8 Å². The summed E-state index contributed by atoms with van der Waals surface area (Å²) in [6, 6.07) is 13.0. The molecule has 2 fully saturated rings. The number of nitrogens with zero attached hydrogens (tertiary/aromatic N) is 2. The fourth-order valence-corrected chi connectivity index (χ4v) is 4.04. The fraction of sp³-hybridized carbons (Fsp3) is 0.261. The minimum absolute atomic E-state index is 0.103. The molecule has 7 nitrogen and oxygen atoms in total. The minimum Gasteiger partial charge on any atom is -0.496 e. The van der Waals surface area contributed by atoms with Crippen LogP contribution in [0.1, 0.15) is 34.7 Å². The zero-order chi connectivity index (χ0) is 20.8. The van der Waals surface area contributed by atoms with Crippen LogP contribution in [0.4, 0.5) is 10.5 Å². The molecule has 1 saturated heterocycles. The summed E-state index contributed by atoms with van der Waals surface area (Å²) >= 11 is 0. The summed E-state index contributed by atoms with van der Waals surface area (Å²) in [5.41, 5.74) is 4.38. The van der Waals surface area contributed by atoms with Crippen molar-refractivity contribution in [2.24, 2.45) is 0 Å². The summed E-state index contributed by atoms with van der Waals surface area (Å²) in [6.07, 6.45) is 2.27. The number of methoxy groups -OCH3 is 1. The van der Waals surface area contributed by atoms with Crippen LogP contribution in [0.2, 0.25) is 0 Å². The number of anilines is 1. The van der Waals surface area contributed by atoms with Crippen molar-refractivity contribution in [1.29, 1.82) is 0 Å². The molecule has 30 heavy (non-hydrogen) atoms. The van der Waals surface area contributed by atoms with E-state index in [-0.39, 0.29) is 11.6 Å². The molecule has 1 aromatic heterocycles. The predicted molar refractivity (Wildman–Crippen MR) is 113 cm³/mol. The van der Waals surface area contributed by atoms with E-state index in [0.717, 1.165) is 40.7 Å². The van der Waals surface area contributed by atoms with Crippen molar-refractivity contribution in [3.05, 3.63) is 53.6 Å². The lowest BCUT2D eigenvalue weighted by Gasteiger charge is -2.16. The van der Waals surface area contributed by atoms with Crippen LogP contribution in [0, 0.1) is 0 Å². The number of urea groups is 1. The number of aromatic carboxylic acids is 1. The van der Waals surface area contributed by atoms with E-state index >= 15 is 0 Å². The monoisotopic (exact) mass is 403 g/mol. The van der Waals surface area contributed by atoms with Gasteiger partial charge in [0.25, 0.3) is 0 Å². The number of amides is 2. The average molecular weight is 403 g/mol. The summed E-state index contributed by atoms with van der Waals surface area (Å²) < 4.78 is 5.18. The Balaban J connectivity index is 1.66. The maximum Gasteiger partial charge on any atom is 0.339 e. The number of nitrogens with one attached hydrogen (secondary N) is 1. The average Bonchev–Trinajstić information content (AvgIpc) is 3.52. The van der Waals surface area contributed by atoms with Crippen LogP contribution in [-0.2, 0) is 0 Å². The lowest BCUT2D eigenvalue weighted by Crippen LogP contribution is -2.27. The summed E-state index contributed by atoms with van der Waals surface area (Å²) in [4.78, 5) is 30.3. The Hall–Kier alpha value is -3.61. The second-order valence-corrected chi connectivity index (χ2v) is 7.68. The summed E-state index contributed by atoms with van der Waals surface area (Å²) in [5, 5.41) is 13.4. The Morgan fingerprint density at radius 2 is 2.03 bits per heavy atom. The Bertz CT molecular complexity index is 1190. The summed E-state index contributed by atoms with van der Waals surface area (Å²) in [5.74, 6) is -0.233. The molecule has 1 aliphatic carbocycles. The van der Waals surface area contributed by atoms with Crippen LogP contribution in [0.25, 0.3) is 22.2 Å². The standard InChI is InChI=1S/C23H21N3O4/c1-30-21-7-4-14(10-18(21)22(27)28)19-12-17(13-2-3-13)16-6-5-15(11-20(16)25-19)26-9-8-24-23(26)29/h4-7,10-13H,2-3,8-9H2,1H3,(H,24,29)(H,27,28). The highest BCUT2D eigenvalue weighted by Crippen LogP contribution is 2.44. The molecule has 2 heterocycles. The third-order valence-corrected chi connectivity index (χ3v) is 5.74. The fourth-order valence-electron chi connectivity index (χ4n) is 4.04. The molecular formula is C23H21N3O4. The van der Waals surface area contributed by atoms with Crippen LogP contribution in [0.15, 0.2) is 42.5 Å².